The highest BCUT2D eigenvalue weighted by Crippen LogP contribution is 2.34. The summed E-state index contributed by atoms with van der Waals surface area (Å²) in [6.07, 6.45) is 1.91. The Morgan fingerprint density at radius 3 is 1.33 bits per heavy atom. The number of ether oxygens (including phenoxy) is 2. The molecule has 2 aromatic carbocycles. The number of fused-ring (bicyclic) bond motifs is 2. The number of carbonyl (C=O) groups excluding carboxylic acids is 2. The summed E-state index contributed by atoms with van der Waals surface area (Å²) in [6.45, 7) is 19.9. The Bertz CT molecular complexity index is 2040. The van der Waals surface area contributed by atoms with E-state index in [0.717, 1.165) is 46.7 Å². The minimum absolute atomic E-state index is 0.123. The molecule has 326 valence electrons. The van der Waals surface area contributed by atoms with E-state index in [-0.39, 0.29) is 25.2 Å². The van der Waals surface area contributed by atoms with Gasteiger partial charge in [-0.2, -0.15) is 0 Å². The second kappa shape index (κ2) is 19.5. The van der Waals surface area contributed by atoms with Crippen LogP contribution in [-0.4, -0.2) is 118 Å². The first-order chi connectivity index (χ1) is 28.3. The number of carbonyl (C=O) groups is 2. The SMILES string of the molecule is CCNc1nc2cc(I)c(Cl)cc2nc1N1CCC(N(CCN(C(=O)OC(C)(C)C)C2CCN(c3nc4cc(I)c(Cl)cc4nc3NCC)CC2)C(=O)OC(C)(C)C)CC1. The molecule has 0 radical (unpaired) electrons. The molecule has 6 rings (SSSR count). The summed E-state index contributed by atoms with van der Waals surface area (Å²) in [6, 6.07) is 7.36. The zero-order chi connectivity index (χ0) is 43.5. The molecule has 0 saturated carbocycles. The monoisotopic (exact) mass is 1090 g/mol. The van der Waals surface area contributed by atoms with Crippen molar-refractivity contribution in [1.82, 2.24) is 29.7 Å². The van der Waals surface area contributed by atoms with Crippen molar-refractivity contribution in [2.45, 2.75) is 104 Å². The molecule has 2 aliphatic heterocycles. The van der Waals surface area contributed by atoms with Crippen LogP contribution in [0.15, 0.2) is 24.3 Å². The van der Waals surface area contributed by atoms with Gasteiger partial charge in [0, 0.05) is 71.6 Å². The fourth-order valence-electron chi connectivity index (χ4n) is 7.58. The zero-order valence-corrected chi connectivity index (χ0v) is 41.5. The molecule has 60 heavy (non-hydrogen) atoms. The van der Waals surface area contributed by atoms with Crippen molar-refractivity contribution in [2.75, 3.05) is 72.8 Å². The molecule has 4 heterocycles. The molecule has 0 bridgehead atoms. The summed E-state index contributed by atoms with van der Waals surface area (Å²) >= 11 is 17.3. The van der Waals surface area contributed by atoms with E-state index in [1.807, 2.05) is 89.5 Å². The second-order valence-electron chi connectivity index (χ2n) is 17.1. The molecule has 18 heteroatoms. The van der Waals surface area contributed by atoms with Crippen LogP contribution in [0.25, 0.3) is 22.1 Å². The van der Waals surface area contributed by atoms with Gasteiger partial charge in [0.25, 0.3) is 0 Å². The van der Waals surface area contributed by atoms with Crippen LogP contribution in [0.2, 0.25) is 10.0 Å². The molecule has 2 amide bonds. The third kappa shape index (κ3) is 11.5. The number of anilines is 4. The van der Waals surface area contributed by atoms with Gasteiger partial charge in [-0.25, -0.2) is 29.5 Å². The van der Waals surface area contributed by atoms with Crippen molar-refractivity contribution >= 4 is 126 Å². The highest BCUT2D eigenvalue weighted by atomic mass is 127. The Kier molecular flexibility index (Phi) is 15.1. The third-order valence-electron chi connectivity index (χ3n) is 10.3. The van der Waals surface area contributed by atoms with E-state index in [2.05, 4.69) is 65.6 Å². The van der Waals surface area contributed by atoms with Gasteiger partial charge in [-0.1, -0.05) is 23.2 Å². The Balaban J connectivity index is 1.20. The summed E-state index contributed by atoms with van der Waals surface area (Å²) in [5.74, 6) is 2.96. The highest BCUT2D eigenvalue weighted by molar-refractivity contribution is 14.1. The van der Waals surface area contributed by atoms with Gasteiger partial charge in [-0.15, -0.1) is 0 Å². The van der Waals surface area contributed by atoms with Crippen LogP contribution in [-0.2, 0) is 9.47 Å². The van der Waals surface area contributed by atoms with E-state index in [9.17, 15) is 9.59 Å². The summed E-state index contributed by atoms with van der Waals surface area (Å²) in [5, 5.41) is 8.06. The molecule has 0 atom stereocenters. The molecule has 0 aliphatic carbocycles. The van der Waals surface area contributed by atoms with E-state index < -0.39 is 23.4 Å². The van der Waals surface area contributed by atoms with Crippen LogP contribution in [0, 0.1) is 7.14 Å². The lowest BCUT2D eigenvalue weighted by Gasteiger charge is -2.42. The summed E-state index contributed by atoms with van der Waals surface area (Å²) in [5.41, 5.74) is 1.61. The van der Waals surface area contributed by atoms with Crippen molar-refractivity contribution < 1.29 is 19.1 Å². The van der Waals surface area contributed by atoms with Crippen LogP contribution in [0.3, 0.4) is 0 Å². The van der Waals surface area contributed by atoms with Gasteiger partial charge < -0.3 is 39.7 Å². The van der Waals surface area contributed by atoms with E-state index in [0.29, 0.717) is 80.8 Å². The van der Waals surface area contributed by atoms with E-state index in [1.165, 1.54) is 0 Å². The van der Waals surface area contributed by atoms with Gasteiger partial charge in [0.1, 0.15) is 11.2 Å². The highest BCUT2D eigenvalue weighted by Gasteiger charge is 2.36. The maximum Gasteiger partial charge on any atom is 0.410 e. The average Bonchev–Trinajstić information content (AvgIpc) is 3.16. The number of aromatic nitrogens is 4. The normalized spacial score (nSPS) is 15.7. The molecule has 2 saturated heterocycles. The smallest absolute Gasteiger partial charge is 0.410 e. The first-order valence-corrected chi connectivity index (χ1v) is 23.6. The molecule has 14 nitrogen and oxygen atoms in total. The quantitative estimate of drug-likeness (QED) is 0.138. The average molecular weight is 1090 g/mol. The van der Waals surface area contributed by atoms with Crippen LogP contribution >= 0.6 is 68.4 Å². The van der Waals surface area contributed by atoms with Crippen molar-refractivity contribution in [3.8, 4) is 0 Å². The Morgan fingerprint density at radius 2 is 0.983 bits per heavy atom. The summed E-state index contributed by atoms with van der Waals surface area (Å²) in [4.78, 5) is 56.0. The lowest BCUT2D eigenvalue weighted by molar-refractivity contribution is -0.00157. The molecule has 2 aliphatic rings. The second-order valence-corrected chi connectivity index (χ2v) is 20.3. The molecular weight excluding hydrogens is 1030 g/mol. The first-order valence-electron chi connectivity index (χ1n) is 20.6. The summed E-state index contributed by atoms with van der Waals surface area (Å²) in [7, 11) is 0. The minimum atomic E-state index is -0.699. The predicted molar refractivity (Wildman–Crippen MR) is 259 cm³/mol. The number of amides is 2. The van der Waals surface area contributed by atoms with Crippen molar-refractivity contribution in [1.29, 1.82) is 0 Å². The standard InChI is InChI=1S/C42H56Cl2I2N10O4/c1-9-47-35-38(52-34-24-30(46)27(43)21-31(34)49-35)54-17-13-26(14-18-54)56(40(58)60-42(6,7)8)20-19-55(39(57)59-41(3,4)5)25-11-15-53(16-12-25)37-36(48-10-2)50-33-23-29(45)28(44)22-32(33)51-37/h21-26H,9-20H2,1-8H3,(H,47,49)(H,48,50). The minimum Gasteiger partial charge on any atom is -0.444 e. The first kappa shape index (κ1) is 46.4. The number of rotatable bonds is 11. The van der Waals surface area contributed by atoms with Crippen molar-refractivity contribution in [3.63, 3.8) is 0 Å². The largest absolute Gasteiger partial charge is 0.444 e. The number of piperidine rings is 2. The van der Waals surface area contributed by atoms with Gasteiger partial charge >= 0.3 is 12.2 Å². The van der Waals surface area contributed by atoms with E-state index >= 15 is 0 Å². The molecule has 2 fully saturated rings. The zero-order valence-electron chi connectivity index (χ0n) is 35.7. The van der Waals surface area contributed by atoms with Crippen LogP contribution < -0.4 is 20.4 Å². The molecule has 0 unspecified atom stereocenters. The lowest BCUT2D eigenvalue weighted by Crippen LogP contribution is -2.54. The number of hydrogen-bond donors (Lipinski definition) is 2. The number of nitrogens with one attached hydrogen (secondary N) is 2. The van der Waals surface area contributed by atoms with Gasteiger partial charge in [0.15, 0.2) is 23.3 Å². The van der Waals surface area contributed by atoms with E-state index in [4.69, 9.17) is 52.6 Å². The van der Waals surface area contributed by atoms with Gasteiger partial charge in [0.05, 0.1) is 32.1 Å². The van der Waals surface area contributed by atoms with Gasteiger partial charge in [0.2, 0.25) is 0 Å². The van der Waals surface area contributed by atoms with Crippen molar-refractivity contribution in [2.24, 2.45) is 0 Å². The third-order valence-corrected chi connectivity index (χ3v) is 13.4. The maximum atomic E-state index is 14.0. The molecule has 4 aromatic rings. The Morgan fingerprint density at radius 1 is 0.650 bits per heavy atom. The Labute approximate surface area is 390 Å². The molecular formula is C42H56Cl2I2N10O4. The number of benzene rings is 2. The topological polar surface area (TPSA) is 141 Å². The molecule has 0 spiro atoms. The maximum absolute atomic E-state index is 14.0. The predicted octanol–water partition coefficient (Wildman–Crippen LogP) is 10.1. The number of halogens is 4. The van der Waals surface area contributed by atoms with Crippen LogP contribution in [0.1, 0.15) is 81.1 Å². The van der Waals surface area contributed by atoms with Crippen LogP contribution in [0.4, 0.5) is 32.9 Å². The number of hydrogen-bond acceptors (Lipinski definition) is 12. The lowest BCUT2D eigenvalue weighted by atomic mass is 10.0. The van der Waals surface area contributed by atoms with Crippen molar-refractivity contribution in [3.05, 3.63) is 41.5 Å². The molecule has 2 N–H and O–H groups in total. The summed E-state index contributed by atoms with van der Waals surface area (Å²) < 4.78 is 13.8. The van der Waals surface area contributed by atoms with Crippen LogP contribution in [0.5, 0.6) is 0 Å². The van der Waals surface area contributed by atoms with Gasteiger partial charge in [-0.3, -0.25) is 0 Å². The number of nitrogens with zero attached hydrogens (tertiary/aromatic N) is 8. The molecule has 2 aromatic heterocycles. The van der Waals surface area contributed by atoms with Gasteiger partial charge in [-0.05, 0) is 151 Å². The van der Waals surface area contributed by atoms with E-state index in [1.54, 1.807) is 0 Å². The Hall–Kier alpha value is -3.10. The fraction of sp³-hybridized carbons (Fsp3) is 0.571. The fourth-order valence-corrected chi connectivity index (χ4v) is 8.80.